The maximum absolute atomic E-state index is 10.2. The number of hydrogen-bond donors (Lipinski definition) is 2. The van der Waals surface area contributed by atoms with Crippen molar-refractivity contribution in [1.82, 2.24) is 0 Å². The van der Waals surface area contributed by atoms with Gasteiger partial charge in [0.1, 0.15) is 6.04 Å². The van der Waals surface area contributed by atoms with E-state index in [1.807, 2.05) is 0 Å². The molecule has 3 N–H and O–H groups in total. The quantitative estimate of drug-likeness (QED) is 0.541. The van der Waals surface area contributed by atoms with Crippen LogP contribution in [0.25, 0.3) is 0 Å². The maximum Gasteiger partial charge on any atom is 0.320 e. The molecule has 0 spiro atoms. The molecule has 0 heterocycles. The van der Waals surface area contributed by atoms with Crippen LogP contribution < -0.4 is 5.73 Å². The summed E-state index contributed by atoms with van der Waals surface area (Å²) in [4.78, 5) is 10.2. The lowest BCUT2D eigenvalue weighted by molar-refractivity contribution is -0.139. The molecule has 3 nitrogen and oxygen atoms in total. The molecule has 0 unspecified atom stereocenters. The van der Waals surface area contributed by atoms with Gasteiger partial charge in [0.15, 0.2) is 0 Å². The molecule has 0 saturated carbocycles. The van der Waals surface area contributed by atoms with Gasteiger partial charge in [-0.25, -0.2) is 0 Å². The third-order valence-corrected chi connectivity index (χ3v) is 0.824. The van der Waals surface area contributed by atoms with Gasteiger partial charge in [0, 0.05) is 4.11 Å². The fourth-order valence-electron chi connectivity index (χ4n) is 0.214. The Hall–Kier alpha value is -0.570. The van der Waals surface area contributed by atoms with E-state index in [0.29, 0.717) is 0 Å². The second kappa shape index (κ2) is 2.67. The minimum Gasteiger partial charge on any atom is -0.480 e. The number of rotatable bonds is 2. The first kappa shape index (κ1) is 3.45. The van der Waals surface area contributed by atoms with E-state index in [-0.39, 0.29) is 0 Å². The number of carboxylic acids is 1. The van der Waals surface area contributed by atoms with Crippen molar-refractivity contribution in [1.29, 1.82) is 0 Å². The van der Waals surface area contributed by atoms with Crippen LogP contribution in [0.1, 0.15) is 17.9 Å². The van der Waals surface area contributed by atoms with Crippen molar-refractivity contribution in [2.24, 2.45) is 11.7 Å². The van der Waals surface area contributed by atoms with E-state index in [2.05, 4.69) is 0 Å². The van der Waals surface area contributed by atoms with E-state index in [1.54, 1.807) is 0 Å². The summed E-state index contributed by atoms with van der Waals surface area (Å²) in [6.45, 7) is -0.996. The molecule has 0 saturated heterocycles. The van der Waals surface area contributed by atoms with Gasteiger partial charge in [-0.05, 0) is 5.92 Å². The van der Waals surface area contributed by atoms with Crippen molar-refractivity contribution >= 4 is 5.97 Å². The monoisotopic (exact) mass is 120 g/mol. The van der Waals surface area contributed by atoms with Gasteiger partial charge in [-0.1, -0.05) is 13.8 Å². The summed E-state index contributed by atoms with van der Waals surface area (Å²) in [6, 6.07) is -1.32. The standard InChI is InChI=1S/C5H11NO2/c1-3(2)4(6)5(7)8/h3-4H,6H2,1-2H3,(H,7,8)/t4-/m0/s1/i1D3/t3-,4-. The first-order valence-electron chi connectivity index (χ1n) is 3.75. The van der Waals surface area contributed by atoms with Crippen LogP contribution in [0.15, 0.2) is 0 Å². The van der Waals surface area contributed by atoms with Crippen molar-refractivity contribution in [3.8, 4) is 0 Å². The van der Waals surface area contributed by atoms with E-state index in [9.17, 15) is 4.79 Å². The number of carboxylic acid groups (broad SMARTS) is 1. The van der Waals surface area contributed by atoms with Gasteiger partial charge in [0.05, 0.1) is 0 Å². The summed E-state index contributed by atoms with van der Waals surface area (Å²) in [5.41, 5.74) is 5.09. The second-order valence-electron chi connectivity index (χ2n) is 1.65. The Balaban J connectivity index is 4.25. The Bertz CT molecular complexity index is 156. The van der Waals surface area contributed by atoms with Gasteiger partial charge in [-0.3, -0.25) is 4.79 Å². The summed E-state index contributed by atoms with van der Waals surface area (Å²) in [6.07, 6.45) is 0. The van der Waals surface area contributed by atoms with Crippen LogP contribution in [0.3, 0.4) is 0 Å². The summed E-state index contributed by atoms with van der Waals surface area (Å²) < 4.78 is 20.6. The van der Waals surface area contributed by atoms with Crippen LogP contribution in [0, 0.1) is 5.92 Å². The molecular formula is C5H11NO2. The van der Waals surface area contributed by atoms with Crippen molar-refractivity contribution < 1.29 is 14.0 Å². The summed E-state index contributed by atoms with van der Waals surface area (Å²) in [5.74, 6) is -2.30. The average Bonchev–Trinajstić information content (AvgIpc) is 1.82. The molecule has 8 heavy (non-hydrogen) atoms. The molecule has 0 rings (SSSR count). The van der Waals surface area contributed by atoms with Crippen LogP contribution in [0.2, 0.25) is 0 Å². The molecule has 0 aliphatic carbocycles. The highest BCUT2D eigenvalue weighted by Gasteiger charge is 2.14. The fourth-order valence-corrected chi connectivity index (χ4v) is 0.214. The zero-order valence-corrected chi connectivity index (χ0v) is 4.59. The highest BCUT2D eigenvalue weighted by molar-refractivity contribution is 5.73. The highest BCUT2D eigenvalue weighted by Crippen LogP contribution is 1.96. The molecule has 0 aliphatic rings. The molecule has 0 aromatic carbocycles. The molecule has 2 atom stereocenters. The first-order chi connectivity index (χ1) is 4.76. The molecular weight excluding hydrogens is 106 g/mol. The Labute approximate surface area is 52.7 Å². The molecule has 0 aromatic heterocycles. The van der Waals surface area contributed by atoms with Crippen LogP contribution in [0.5, 0.6) is 0 Å². The average molecular weight is 120 g/mol. The first-order valence-corrected chi connectivity index (χ1v) is 2.25. The van der Waals surface area contributed by atoms with Crippen molar-refractivity contribution in [2.75, 3.05) is 0 Å². The Kier molecular flexibility index (Phi) is 1.15. The molecule has 3 heteroatoms. The SMILES string of the molecule is [2H]C([2H])([2H])[C@@H](C)[C@H](N)C(=O)O. The van der Waals surface area contributed by atoms with Gasteiger partial charge in [0.2, 0.25) is 0 Å². The topological polar surface area (TPSA) is 63.3 Å². The lowest BCUT2D eigenvalue weighted by Crippen LogP contribution is -2.34. The molecule has 0 bridgehead atoms. The second-order valence-corrected chi connectivity index (χ2v) is 1.65. The molecule has 0 fully saturated rings. The van der Waals surface area contributed by atoms with Crippen molar-refractivity contribution in [3.05, 3.63) is 0 Å². The maximum atomic E-state index is 10.2. The van der Waals surface area contributed by atoms with Crippen LogP contribution in [0.4, 0.5) is 0 Å². The summed E-state index contributed by atoms with van der Waals surface area (Å²) >= 11 is 0. The normalized spacial score (nSPS) is 24.5. The lowest BCUT2D eigenvalue weighted by Gasteiger charge is -2.07. The zero-order valence-electron chi connectivity index (χ0n) is 7.59. The largest absolute Gasteiger partial charge is 0.480 e. The fraction of sp³-hybridized carbons (Fsp3) is 0.800. The predicted octanol–water partition coefficient (Wildman–Crippen LogP) is 0.0543. The number of carbonyl (C=O) groups is 1. The van der Waals surface area contributed by atoms with Crippen molar-refractivity contribution in [3.63, 3.8) is 0 Å². The molecule has 48 valence electrons. The van der Waals surface area contributed by atoms with E-state index < -0.39 is 24.8 Å². The Morgan fingerprint density at radius 1 is 2.00 bits per heavy atom. The molecule has 0 aliphatic heterocycles. The van der Waals surface area contributed by atoms with Gasteiger partial charge in [-0.15, -0.1) is 0 Å². The molecule has 0 aromatic rings. The van der Waals surface area contributed by atoms with E-state index in [4.69, 9.17) is 15.0 Å². The smallest absolute Gasteiger partial charge is 0.320 e. The van der Waals surface area contributed by atoms with Gasteiger partial charge < -0.3 is 10.8 Å². The van der Waals surface area contributed by atoms with Gasteiger partial charge in [0.25, 0.3) is 0 Å². The van der Waals surface area contributed by atoms with E-state index in [1.165, 1.54) is 6.92 Å². The van der Waals surface area contributed by atoms with Crippen molar-refractivity contribution in [2.45, 2.75) is 19.8 Å². The third-order valence-electron chi connectivity index (χ3n) is 0.824. The van der Waals surface area contributed by atoms with Crippen LogP contribution in [-0.2, 0) is 4.79 Å². The minimum atomic E-state index is -2.29. The van der Waals surface area contributed by atoms with E-state index in [0.717, 1.165) is 0 Å². The van der Waals surface area contributed by atoms with Crippen LogP contribution in [-0.4, -0.2) is 17.1 Å². The van der Waals surface area contributed by atoms with Gasteiger partial charge >= 0.3 is 5.97 Å². The summed E-state index contributed by atoms with van der Waals surface area (Å²) in [7, 11) is 0. The number of nitrogens with two attached hydrogens (primary N) is 1. The number of aliphatic carboxylic acids is 1. The Morgan fingerprint density at radius 3 is 2.62 bits per heavy atom. The molecule has 0 amide bonds. The third kappa shape index (κ3) is 1.93. The summed E-state index contributed by atoms with van der Waals surface area (Å²) in [5, 5.41) is 8.34. The predicted molar refractivity (Wildman–Crippen MR) is 30.4 cm³/mol. The lowest BCUT2D eigenvalue weighted by atomic mass is 10.1. The Morgan fingerprint density at radius 2 is 2.50 bits per heavy atom. The van der Waals surface area contributed by atoms with E-state index >= 15 is 0 Å². The minimum absolute atomic E-state index is 1.01. The number of hydrogen-bond acceptors (Lipinski definition) is 2. The highest BCUT2D eigenvalue weighted by atomic mass is 16.4. The zero-order chi connectivity index (χ0) is 9.23. The van der Waals surface area contributed by atoms with Gasteiger partial charge in [-0.2, -0.15) is 0 Å². The molecule has 0 radical (unpaired) electrons. The van der Waals surface area contributed by atoms with Crippen LogP contribution >= 0.6 is 0 Å².